The van der Waals surface area contributed by atoms with Gasteiger partial charge in [-0.25, -0.2) is 9.97 Å². The quantitative estimate of drug-likeness (QED) is 0.473. The summed E-state index contributed by atoms with van der Waals surface area (Å²) < 4.78 is 5.31. The Hall–Kier alpha value is -3.42. The summed E-state index contributed by atoms with van der Waals surface area (Å²) in [7, 11) is 0. The fraction of sp³-hybridized carbons (Fsp3) is 0.364. The number of nitrogens with one attached hydrogen (secondary N) is 2. The number of aliphatic carboxylic acids is 1. The highest BCUT2D eigenvalue weighted by Crippen LogP contribution is 2.37. The Kier molecular flexibility index (Phi) is 6.66. The summed E-state index contributed by atoms with van der Waals surface area (Å²) in [5, 5.41) is 20.0. The molecule has 1 unspecified atom stereocenters. The highest BCUT2D eigenvalue weighted by atomic mass is 16.5. The smallest absolute Gasteiger partial charge is 0.316 e. The molecule has 0 fully saturated rings. The van der Waals surface area contributed by atoms with E-state index in [0.29, 0.717) is 18.3 Å². The number of carboxylic acids is 1. The number of H-pyrrole nitrogens is 1. The topological polar surface area (TPSA) is 113 Å². The Bertz CT molecular complexity index is 995. The number of hydrogen-bond donors (Lipinski definition) is 3. The lowest BCUT2D eigenvalue weighted by molar-refractivity contribution is -0.137. The van der Waals surface area contributed by atoms with Crippen molar-refractivity contribution in [1.82, 2.24) is 20.2 Å². The highest BCUT2D eigenvalue weighted by molar-refractivity contribution is 5.84. The first kappa shape index (κ1) is 21.3. The second kappa shape index (κ2) is 9.39. The Morgan fingerprint density at radius 3 is 2.53 bits per heavy atom. The van der Waals surface area contributed by atoms with Gasteiger partial charge in [0.25, 0.3) is 0 Å². The molecule has 3 N–H and O–H groups in total. The zero-order chi connectivity index (χ0) is 21.7. The minimum Gasteiger partial charge on any atom is -0.481 e. The van der Waals surface area contributed by atoms with E-state index in [9.17, 15) is 9.90 Å². The summed E-state index contributed by atoms with van der Waals surface area (Å²) in [6.45, 7) is 8.31. The van der Waals surface area contributed by atoms with Crippen molar-refractivity contribution < 1.29 is 14.6 Å². The molecular formula is C22H27N5O3. The number of rotatable bonds is 9. The van der Waals surface area contributed by atoms with E-state index in [2.05, 4.69) is 25.5 Å². The number of ether oxygens (including phenoxy) is 1. The van der Waals surface area contributed by atoms with Crippen LogP contribution in [-0.2, 0) is 4.79 Å². The van der Waals surface area contributed by atoms with Crippen LogP contribution in [0.3, 0.4) is 0 Å². The van der Waals surface area contributed by atoms with Crippen LogP contribution < -0.4 is 10.1 Å². The van der Waals surface area contributed by atoms with Crippen LogP contribution >= 0.6 is 0 Å². The molecule has 0 aliphatic heterocycles. The fourth-order valence-electron chi connectivity index (χ4n) is 3.53. The van der Waals surface area contributed by atoms with Crippen LogP contribution in [0, 0.1) is 13.8 Å². The second-order valence-corrected chi connectivity index (χ2v) is 7.13. The van der Waals surface area contributed by atoms with E-state index >= 15 is 0 Å². The van der Waals surface area contributed by atoms with Gasteiger partial charge in [0, 0.05) is 22.5 Å². The van der Waals surface area contributed by atoms with Crippen molar-refractivity contribution in [3.05, 3.63) is 47.5 Å². The molecule has 158 valence electrons. The molecule has 0 bridgehead atoms. The number of hydrogen-bond acceptors (Lipinski definition) is 6. The lowest BCUT2D eigenvalue weighted by Crippen LogP contribution is -2.06. The zero-order valence-corrected chi connectivity index (χ0v) is 17.7. The van der Waals surface area contributed by atoms with E-state index < -0.39 is 5.97 Å². The molecule has 0 amide bonds. The van der Waals surface area contributed by atoms with E-state index in [1.807, 2.05) is 45.9 Å². The third kappa shape index (κ3) is 4.76. The van der Waals surface area contributed by atoms with Crippen LogP contribution in [0.5, 0.6) is 6.01 Å². The van der Waals surface area contributed by atoms with Gasteiger partial charge in [-0.05, 0) is 44.7 Å². The summed E-state index contributed by atoms with van der Waals surface area (Å²) >= 11 is 0. The van der Waals surface area contributed by atoms with Gasteiger partial charge < -0.3 is 15.2 Å². The number of aromatic amines is 1. The van der Waals surface area contributed by atoms with Crippen LogP contribution in [0.4, 0.5) is 11.4 Å². The summed E-state index contributed by atoms with van der Waals surface area (Å²) in [5.74, 6) is -0.873. The van der Waals surface area contributed by atoms with Crippen LogP contribution in [0.2, 0.25) is 0 Å². The molecular weight excluding hydrogens is 382 g/mol. The Morgan fingerprint density at radius 2 is 1.97 bits per heavy atom. The summed E-state index contributed by atoms with van der Waals surface area (Å²) in [5.41, 5.74) is 6.37. The Balaban J connectivity index is 2.03. The molecule has 30 heavy (non-hydrogen) atoms. The minimum atomic E-state index is -0.804. The van der Waals surface area contributed by atoms with Crippen molar-refractivity contribution in [2.45, 2.75) is 46.5 Å². The summed E-state index contributed by atoms with van der Waals surface area (Å²) in [4.78, 5) is 19.7. The maximum Gasteiger partial charge on any atom is 0.316 e. The van der Waals surface area contributed by atoms with Crippen molar-refractivity contribution in [3.63, 3.8) is 0 Å². The molecule has 8 nitrogen and oxygen atoms in total. The average molecular weight is 409 g/mol. The Morgan fingerprint density at radius 1 is 1.23 bits per heavy atom. The lowest BCUT2D eigenvalue weighted by Gasteiger charge is -2.18. The molecule has 2 heterocycles. The molecule has 0 aliphatic carbocycles. The molecule has 1 atom stereocenters. The van der Waals surface area contributed by atoms with Gasteiger partial charge in [-0.15, -0.1) is 0 Å². The van der Waals surface area contributed by atoms with Gasteiger partial charge in [-0.1, -0.05) is 19.1 Å². The third-order valence-electron chi connectivity index (χ3n) is 5.01. The maximum absolute atomic E-state index is 11.3. The fourth-order valence-corrected chi connectivity index (χ4v) is 3.53. The molecule has 2 aromatic heterocycles. The monoisotopic (exact) mass is 409 g/mol. The first-order valence-electron chi connectivity index (χ1n) is 10.0. The first-order valence-corrected chi connectivity index (χ1v) is 10.0. The van der Waals surface area contributed by atoms with Gasteiger partial charge in [-0.2, -0.15) is 5.10 Å². The number of aryl methyl sites for hydroxylation is 2. The minimum absolute atomic E-state index is 0.0692. The molecule has 3 aromatic rings. The van der Waals surface area contributed by atoms with Crippen LogP contribution in [0.15, 0.2) is 30.6 Å². The molecule has 0 radical (unpaired) electrons. The van der Waals surface area contributed by atoms with E-state index in [-0.39, 0.29) is 12.3 Å². The van der Waals surface area contributed by atoms with Crippen LogP contribution in [0.25, 0.3) is 11.1 Å². The SMILES string of the molecule is CCOc1ncc(Nc2cc(C(CC)CC(=O)O)ccc2-c2c(C)n[nH]c2C)cn1. The first-order chi connectivity index (χ1) is 14.4. The number of anilines is 2. The molecule has 0 saturated heterocycles. The molecule has 0 spiro atoms. The van der Waals surface area contributed by atoms with Gasteiger partial charge >= 0.3 is 12.0 Å². The van der Waals surface area contributed by atoms with Crippen LogP contribution in [0.1, 0.15) is 49.6 Å². The number of carboxylic acid groups (broad SMARTS) is 1. The Labute approximate surface area is 175 Å². The molecule has 8 heteroatoms. The average Bonchev–Trinajstić information content (AvgIpc) is 3.06. The summed E-state index contributed by atoms with van der Waals surface area (Å²) in [6.07, 6.45) is 4.16. The van der Waals surface area contributed by atoms with Gasteiger partial charge in [0.1, 0.15) is 0 Å². The van der Waals surface area contributed by atoms with Crippen molar-refractivity contribution >= 4 is 17.3 Å². The van der Waals surface area contributed by atoms with E-state index in [4.69, 9.17) is 4.74 Å². The largest absolute Gasteiger partial charge is 0.481 e. The second-order valence-electron chi connectivity index (χ2n) is 7.13. The molecule has 3 rings (SSSR count). The lowest BCUT2D eigenvalue weighted by atomic mass is 9.90. The standard InChI is InChI=1S/C22H27N5O3/c1-5-15(10-20(28)29)16-7-8-18(21-13(3)26-27-14(21)4)19(9-16)25-17-11-23-22(24-12-17)30-6-2/h7-9,11-12,15,25H,5-6,10H2,1-4H3,(H,26,27)(H,28,29). The summed E-state index contributed by atoms with van der Waals surface area (Å²) in [6, 6.07) is 6.35. The number of benzene rings is 1. The van der Waals surface area contributed by atoms with Gasteiger partial charge in [0.15, 0.2) is 0 Å². The van der Waals surface area contributed by atoms with E-state index in [1.54, 1.807) is 12.4 Å². The number of aromatic nitrogens is 4. The van der Waals surface area contributed by atoms with Crippen molar-refractivity contribution in [1.29, 1.82) is 0 Å². The normalized spacial score (nSPS) is 11.9. The number of carbonyl (C=O) groups is 1. The van der Waals surface area contributed by atoms with Gasteiger partial charge in [0.05, 0.1) is 36.8 Å². The number of nitrogens with zero attached hydrogens (tertiary/aromatic N) is 3. The highest BCUT2D eigenvalue weighted by Gasteiger charge is 2.19. The maximum atomic E-state index is 11.3. The molecule has 0 aliphatic rings. The predicted molar refractivity (Wildman–Crippen MR) is 115 cm³/mol. The van der Waals surface area contributed by atoms with Gasteiger partial charge in [0.2, 0.25) is 0 Å². The van der Waals surface area contributed by atoms with Crippen molar-refractivity contribution in [2.24, 2.45) is 0 Å². The molecule has 0 saturated carbocycles. The van der Waals surface area contributed by atoms with E-state index in [1.165, 1.54) is 0 Å². The van der Waals surface area contributed by atoms with E-state index in [0.717, 1.165) is 40.2 Å². The third-order valence-corrected chi connectivity index (χ3v) is 5.01. The van der Waals surface area contributed by atoms with Crippen molar-refractivity contribution in [3.8, 4) is 17.1 Å². The zero-order valence-electron chi connectivity index (χ0n) is 17.7. The molecule has 1 aromatic carbocycles. The van der Waals surface area contributed by atoms with Crippen molar-refractivity contribution in [2.75, 3.05) is 11.9 Å². The predicted octanol–water partition coefficient (Wildman–Crippen LogP) is 4.59. The van der Waals surface area contributed by atoms with Gasteiger partial charge in [-0.3, -0.25) is 9.89 Å². The van der Waals surface area contributed by atoms with Crippen LogP contribution in [-0.4, -0.2) is 37.8 Å².